The summed E-state index contributed by atoms with van der Waals surface area (Å²) in [7, 11) is 0. The van der Waals surface area contributed by atoms with Crippen LogP contribution >= 0.6 is 0 Å². The molecule has 4 nitrogen and oxygen atoms in total. The van der Waals surface area contributed by atoms with Gasteiger partial charge in [0.25, 0.3) is 5.97 Å². The lowest BCUT2D eigenvalue weighted by Crippen LogP contribution is -2.02. The summed E-state index contributed by atoms with van der Waals surface area (Å²) in [6.07, 6.45) is 0. The van der Waals surface area contributed by atoms with Gasteiger partial charge in [-0.05, 0) is 0 Å². The van der Waals surface area contributed by atoms with Crippen LogP contribution in [0.1, 0.15) is 6.92 Å². The van der Waals surface area contributed by atoms with Crippen molar-refractivity contribution in [1.82, 2.24) is 4.90 Å². The van der Waals surface area contributed by atoms with E-state index in [1.807, 2.05) is 0 Å². The minimum Gasteiger partial charge on any atom is -0.481 e. The van der Waals surface area contributed by atoms with Gasteiger partial charge in [0, 0.05) is 26.6 Å². The number of carboxylic acid groups (broad SMARTS) is 1. The van der Waals surface area contributed by atoms with Crippen molar-refractivity contribution in [3.8, 4) is 0 Å². The number of carbonyl (C=O) groups is 1. The highest BCUT2D eigenvalue weighted by Gasteiger charge is 2.14. The van der Waals surface area contributed by atoms with Gasteiger partial charge in [-0.3, -0.25) is 9.69 Å². The zero-order valence-corrected chi connectivity index (χ0v) is 6.08. The molecule has 0 aromatic rings. The maximum atomic E-state index is 9.00. The summed E-state index contributed by atoms with van der Waals surface area (Å²) in [6.45, 7) is 4.67. The molecule has 0 bridgehead atoms. The molecule has 0 aromatic heterocycles. The maximum Gasteiger partial charge on any atom is 0.300 e. The van der Waals surface area contributed by atoms with Crippen LogP contribution in [0.4, 0.5) is 0 Å². The second-order valence-electron chi connectivity index (χ2n) is 2.08. The second-order valence-corrected chi connectivity index (χ2v) is 2.08. The standard InChI is InChI=1S/C4H9NO.C2H4O2/c6-4-3-5-1-2-5;1-2(3)4/h6H,1-4H2;1H3,(H,3,4). The first-order chi connectivity index (χ1) is 4.66. The summed E-state index contributed by atoms with van der Waals surface area (Å²) in [5.41, 5.74) is 0. The van der Waals surface area contributed by atoms with E-state index in [0.717, 1.165) is 13.5 Å². The molecule has 10 heavy (non-hydrogen) atoms. The summed E-state index contributed by atoms with van der Waals surface area (Å²) in [4.78, 5) is 11.2. The molecule has 60 valence electrons. The van der Waals surface area contributed by atoms with E-state index in [4.69, 9.17) is 15.0 Å². The van der Waals surface area contributed by atoms with E-state index < -0.39 is 5.97 Å². The Balaban J connectivity index is 0.000000180. The average molecular weight is 147 g/mol. The van der Waals surface area contributed by atoms with E-state index in [1.54, 1.807) is 0 Å². The zero-order valence-electron chi connectivity index (χ0n) is 6.08. The third kappa shape index (κ3) is 10.4. The highest BCUT2D eigenvalue weighted by Crippen LogP contribution is 1.99. The Morgan fingerprint density at radius 3 is 2.10 bits per heavy atom. The van der Waals surface area contributed by atoms with E-state index in [2.05, 4.69) is 4.90 Å². The van der Waals surface area contributed by atoms with Crippen molar-refractivity contribution < 1.29 is 15.0 Å². The van der Waals surface area contributed by atoms with Gasteiger partial charge in [-0.15, -0.1) is 0 Å². The molecule has 4 heteroatoms. The number of rotatable bonds is 2. The monoisotopic (exact) mass is 147 g/mol. The molecule has 0 radical (unpaired) electrons. The van der Waals surface area contributed by atoms with Crippen molar-refractivity contribution in [3.05, 3.63) is 0 Å². The molecule has 0 aliphatic carbocycles. The highest BCUT2D eigenvalue weighted by atomic mass is 16.4. The SMILES string of the molecule is CC(=O)O.OCCN1CC1. The molecular formula is C6H13NO3. The lowest BCUT2D eigenvalue weighted by atomic mass is 10.7. The van der Waals surface area contributed by atoms with Crippen LogP contribution in [0.2, 0.25) is 0 Å². The lowest BCUT2D eigenvalue weighted by Gasteiger charge is -1.88. The molecule has 0 spiro atoms. The van der Waals surface area contributed by atoms with Crippen LogP contribution in [-0.2, 0) is 4.79 Å². The van der Waals surface area contributed by atoms with Gasteiger partial charge in [0.05, 0.1) is 6.61 Å². The van der Waals surface area contributed by atoms with E-state index in [-0.39, 0.29) is 0 Å². The minimum absolute atomic E-state index is 0.319. The van der Waals surface area contributed by atoms with Gasteiger partial charge in [-0.25, -0.2) is 0 Å². The van der Waals surface area contributed by atoms with Crippen LogP contribution in [0.3, 0.4) is 0 Å². The van der Waals surface area contributed by atoms with E-state index in [9.17, 15) is 0 Å². The number of hydrogen-bond donors (Lipinski definition) is 2. The van der Waals surface area contributed by atoms with Crippen molar-refractivity contribution in [3.63, 3.8) is 0 Å². The van der Waals surface area contributed by atoms with Gasteiger partial charge in [-0.2, -0.15) is 0 Å². The van der Waals surface area contributed by atoms with Crippen molar-refractivity contribution >= 4 is 5.97 Å². The Morgan fingerprint density at radius 1 is 1.60 bits per heavy atom. The molecule has 0 atom stereocenters. The fourth-order valence-corrected chi connectivity index (χ4v) is 0.436. The Bertz CT molecular complexity index is 97.2. The van der Waals surface area contributed by atoms with Gasteiger partial charge < -0.3 is 10.2 Å². The summed E-state index contributed by atoms with van der Waals surface area (Å²) in [5, 5.41) is 15.7. The molecule has 1 fully saturated rings. The third-order valence-corrected chi connectivity index (χ3v) is 0.956. The molecule has 0 saturated carbocycles. The summed E-state index contributed by atoms with van der Waals surface area (Å²) in [5.74, 6) is -0.833. The molecule has 0 amide bonds. The van der Waals surface area contributed by atoms with Gasteiger partial charge >= 0.3 is 0 Å². The Labute approximate surface area is 60.1 Å². The van der Waals surface area contributed by atoms with Crippen molar-refractivity contribution in [2.45, 2.75) is 6.92 Å². The first-order valence-electron chi connectivity index (χ1n) is 3.19. The Morgan fingerprint density at radius 2 is 2.00 bits per heavy atom. The van der Waals surface area contributed by atoms with Gasteiger partial charge in [0.15, 0.2) is 0 Å². The summed E-state index contributed by atoms with van der Waals surface area (Å²) >= 11 is 0. The summed E-state index contributed by atoms with van der Waals surface area (Å²) in [6, 6.07) is 0. The number of aliphatic carboxylic acids is 1. The van der Waals surface area contributed by atoms with Gasteiger partial charge in [-0.1, -0.05) is 0 Å². The predicted octanol–water partition coefficient (Wildman–Crippen LogP) is -0.615. The largest absolute Gasteiger partial charge is 0.481 e. The molecule has 1 rings (SSSR count). The van der Waals surface area contributed by atoms with Crippen LogP contribution in [-0.4, -0.2) is 47.3 Å². The lowest BCUT2D eigenvalue weighted by molar-refractivity contribution is -0.134. The molecule has 1 aliphatic rings. The van der Waals surface area contributed by atoms with Crippen LogP contribution < -0.4 is 0 Å². The Hall–Kier alpha value is -0.610. The van der Waals surface area contributed by atoms with Gasteiger partial charge in [0.2, 0.25) is 0 Å². The first-order valence-corrected chi connectivity index (χ1v) is 3.19. The van der Waals surface area contributed by atoms with E-state index >= 15 is 0 Å². The van der Waals surface area contributed by atoms with Crippen LogP contribution in [0, 0.1) is 0 Å². The van der Waals surface area contributed by atoms with Crippen LogP contribution in [0.5, 0.6) is 0 Å². The first kappa shape index (κ1) is 9.39. The van der Waals surface area contributed by atoms with Crippen molar-refractivity contribution in [2.24, 2.45) is 0 Å². The second kappa shape index (κ2) is 5.20. The summed E-state index contributed by atoms with van der Waals surface area (Å²) < 4.78 is 0. The minimum atomic E-state index is -0.833. The van der Waals surface area contributed by atoms with Crippen molar-refractivity contribution in [1.29, 1.82) is 0 Å². The number of carboxylic acids is 1. The number of β-amino-alcohol motifs (C(OH)–C–C–N with tert-alkyl or cyclic N) is 1. The smallest absolute Gasteiger partial charge is 0.300 e. The molecule has 0 aromatic carbocycles. The van der Waals surface area contributed by atoms with Crippen LogP contribution in [0.15, 0.2) is 0 Å². The fraction of sp³-hybridized carbons (Fsp3) is 0.833. The number of hydrogen-bond acceptors (Lipinski definition) is 3. The number of aliphatic hydroxyl groups excluding tert-OH is 1. The molecule has 1 aliphatic heterocycles. The van der Waals surface area contributed by atoms with E-state index in [0.29, 0.717) is 6.61 Å². The van der Waals surface area contributed by atoms with Crippen molar-refractivity contribution in [2.75, 3.05) is 26.2 Å². The highest BCUT2D eigenvalue weighted by molar-refractivity contribution is 5.62. The number of aliphatic hydroxyl groups is 1. The molecule has 0 unspecified atom stereocenters. The topological polar surface area (TPSA) is 60.5 Å². The molecular weight excluding hydrogens is 134 g/mol. The predicted molar refractivity (Wildman–Crippen MR) is 36.8 cm³/mol. The fourth-order valence-electron chi connectivity index (χ4n) is 0.436. The quantitative estimate of drug-likeness (QED) is 0.511. The maximum absolute atomic E-state index is 9.00. The normalized spacial score (nSPS) is 15.4. The third-order valence-electron chi connectivity index (χ3n) is 0.956. The van der Waals surface area contributed by atoms with Crippen LogP contribution in [0.25, 0.3) is 0 Å². The molecule has 1 heterocycles. The zero-order chi connectivity index (χ0) is 7.98. The van der Waals surface area contributed by atoms with Gasteiger partial charge in [0.1, 0.15) is 0 Å². The Kier molecular flexibility index (Phi) is 4.88. The molecule has 2 N–H and O–H groups in total. The average Bonchev–Trinajstić information content (AvgIpc) is 2.48. The van der Waals surface area contributed by atoms with E-state index in [1.165, 1.54) is 13.1 Å². The molecule has 1 saturated heterocycles. The number of nitrogens with zero attached hydrogens (tertiary/aromatic N) is 1.